The minimum atomic E-state index is 0.374. The number of nitrogens with zero attached hydrogens (tertiary/aromatic N) is 1. The van der Waals surface area contributed by atoms with Gasteiger partial charge >= 0.3 is 0 Å². The maximum atomic E-state index is 6.11. The number of rotatable bonds is 3. The van der Waals surface area contributed by atoms with Crippen LogP contribution in [0.4, 0.5) is 0 Å². The topological polar surface area (TPSA) is 29.3 Å². The van der Waals surface area contributed by atoms with E-state index in [2.05, 4.69) is 25.7 Å². The van der Waals surface area contributed by atoms with Crippen LogP contribution in [0.1, 0.15) is 52.9 Å². The first-order valence-electron chi connectivity index (χ1n) is 7.52. The molecule has 2 heteroatoms. The zero-order chi connectivity index (χ0) is 12.5. The van der Waals surface area contributed by atoms with Crippen LogP contribution < -0.4 is 5.73 Å². The first kappa shape index (κ1) is 13.4. The van der Waals surface area contributed by atoms with E-state index in [9.17, 15) is 0 Å². The van der Waals surface area contributed by atoms with E-state index in [0.29, 0.717) is 5.54 Å². The van der Waals surface area contributed by atoms with Crippen LogP contribution in [0.25, 0.3) is 0 Å². The average Bonchev–Trinajstić information content (AvgIpc) is 2.43. The second-order valence-corrected chi connectivity index (χ2v) is 6.86. The molecule has 0 bridgehead atoms. The summed E-state index contributed by atoms with van der Waals surface area (Å²) < 4.78 is 0. The molecule has 2 nitrogen and oxygen atoms in total. The molecule has 0 radical (unpaired) electrons. The maximum Gasteiger partial charge on any atom is 0.0337 e. The molecule has 1 saturated heterocycles. The highest BCUT2D eigenvalue weighted by atomic mass is 15.2. The Morgan fingerprint density at radius 3 is 2.53 bits per heavy atom. The van der Waals surface area contributed by atoms with E-state index >= 15 is 0 Å². The largest absolute Gasteiger partial charge is 0.329 e. The molecular weight excluding hydrogens is 208 g/mol. The fourth-order valence-corrected chi connectivity index (χ4v) is 3.68. The summed E-state index contributed by atoms with van der Waals surface area (Å²) in [4.78, 5) is 2.73. The van der Waals surface area contributed by atoms with Gasteiger partial charge < -0.3 is 5.73 Å². The molecule has 1 saturated carbocycles. The predicted molar refractivity (Wildman–Crippen MR) is 73.9 cm³/mol. The van der Waals surface area contributed by atoms with Gasteiger partial charge in [0.2, 0.25) is 0 Å². The molecule has 1 aliphatic carbocycles. The Labute approximate surface area is 107 Å². The normalized spacial score (nSPS) is 40.1. The molecule has 17 heavy (non-hydrogen) atoms. The Morgan fingerprint density at radius 2 is 1.94 bits per heavy atom. The van der Waals surface area contributed by atoms with Gasteiger partial charge in [0.05, 0.1) is 0 Å². The van der Waals surface area contributed by atoms with E-state index in [0.717, 1.165) is 24.3 Å². The number of likely N-dealkylation sites (tertiary alicyclic amines) is 1. The zero-order valence-electron chi connectivity index (χ0n) is 11.9. The third-order valence-electron chi connectivity index (χ3n) is 5.29. The Kier molecular flexibility index (Phi) is 4.14. The summed E-state index contributed by atoms with van der Waals surface area (Å²) in [5, 5.41) is 0. The molecule has 2 fully saturated rings. The van der Waals surface area contributed by atoms with Gasteiger partial charge in [-0.3, -0.25) is 4.90 Å². The standard InChI is InChI=1S/C15H30N2/c1-12(2)14-9-15(10-14,11-16)17-7-4-5-13(3)6-8-17/h12-14H,4-11,16H2,1-3H3. The van der Waals surface area contributed by atoms with Crippen molar-refractivity contribution in [1.82, 2.24) is 4.90 Å². The maximum absolute atomic E-state index is 6.11. The molecule has 1 aliphatic heterocycles. The van der Waals surface area contributed by atoms with Gasteiger partial charge in [0.15, 0.2) is 0 Å². The quantitative estimate of drug-likeness (QED) is 0.819. The molecular formula is C15H30N2. The fourth-order valence-electron chi connectivity index (χ4n) is 3.68. The minimum Gasteiger partial charge on any atom is -0.329 e. The lowest BCUT2D eigenvalue weighted by atomic mass is 9.63. The summed E-state index contributed by atoms with van der Waals surface area (Å²) in [5.41, 5.74) is 6.48. The molecule has 0 amide bonds. The number of hydrogen-bond donors (Lipinski definition) is 1. The second kappa shape index (κ2) is 5.27. The van der Waals surface area contributed by atoms with E-state index in [4.69, 9.17) is 5.73 Å². The van der Waals surface area contributed by atoms with Crippen molar-refractivity contribution in [3.8, 4) is 0 Å². The van der Waals surface area contributed by atoms with Crippen LogP contribution >= 0.6 is 0 Å². The summed E-state index contributed by atoms with van der Waals surface area (Å²) >= 11 is 0. The lowest BCUT2D eigenvalue weighted by Crippen LogP contribution is -2.62. The Balaban J connectivity index is 1.95. The van der Waals surface area contributed by atoms with Crippen LogP contribution in [-0.2, 0) is 0 Å². The van der Waals surface area contributed by atoms with E-state index < -0.39 is 0 Å². The van der Waals surface area contributed by atoms with Crippen molar-refractivity contribution in [2.75, 3.05) is 19.6 Å². The highest BCUT2D eigenvalue weighted by molar-refractivity contribution is 5.04. The monoisotopic (exact) mass is 238 g/mol. The average molecular weight is 238 g/mol. The van der Waals surface area contributed by atoms with Gasteiger partial charge in [-0.25, -0.2) is 0 Å². The SMILES string of the molecule is CC1CCCN(C2(CN)CC(C(C)C)C2)CC1. The molecule has 0 aromatic rings. The van der Waals surface area contributed by atoms with Crippen LogP contribution in [0.5, 0.6) is 0 Å². The summed E-state index contributed by atoms with van der Waals surface area (Å²) in [6.07, 6.45) is 6.83. The fraction of sp³-hybridized carbons (Fsp3) is 1.00. The van der Waals surface area contributed by atoms with Crippen molar-refractivity contribution in [2.45, 2.75) is 58.4 Å². The van der Waals surface area contributed by atoms with Gasteiger partial charge in [-0.2, -0.15) is 0 Å². The molecule has 0 spiro atoms. The van der Waals surface area contributed by atoms with Gasteiger partial charge in [-0.1, -0.05) is 20.8 Å². The predicted octanol–water partition coefficient (Wildman–Crippen LogP) is 2.87. The molecule has 0 aromatic heterocycles. The zero-order valence-corrected chi connectivity index (χ0v) is 11.9. The van der Waals surface area contributed by atoms with Gasteiger partial charge in [-0.05, 0) is 62.9 Å². The highest BCUT2D eigenvalue weighted by Crippen LogP contribution is 2.46. The molecule has 2 aliphatic rings. The van der Waals surface area contributed by atoms with Gasteiger partial charge in [0.25, 0.3) is 0 Å². The first-order valence-corrected chi connectivity index (χ1v) is 7.52. The first-order chi connectivity index (χ1) is 8.07. The molecule has 2 N–H and O–H groups in total. The van der Waals surface area contributed by atoms with E-state index in [1.165, 1.54) is 45.2 Å². The molecule has 0 aromatic carbocycles. The Morgan fingerprint density at radius 1 is 1.24 bits per heavy atom. The molecule has 1 atom stereocenters. The smallest absolute Gasteiger partial charge is 0.0337 e. The van der Waals surface area contributed by atoms with Crippen LogP contribution in [0.3, 0.4) is 0 Å². The third-order valence-corrected chi connectivity index (χ3v) is 5.29. The van der Waals surface area contributed by atoms with Gasteiger partial charge in [-0.15, -0.1) is 0 Å². The third kappa shape index (κ3) is 2.68. The number of hydrogen-bond acceptors (Lipinski definition) is 2. The molecule has 1 heterocycles. The van der Waals surface area contributed by atoms with Crippen LogP contribution in [0.2, 0.25) is 0 Å². The van der Waals surface area contributed by atoms with Crippen molar-refractivity contribution in [3.05, 3.63) is 0 Å². The summed E-state index contributed by atoms with van der Waals surface area (Å²) in [7, 11) is 0. The van der Waals surface area contributed by atoms with Crippen molar-refractivity contribution < 1.29 is 0 Å². The van der Waals surface area contributed by atoms with E-state index in [-0.39, 0.29) is 0 Å². The van der Waals surface area contributed by atoms with Gasteiger partial charge in [0.1, 0.15) is 0 Å². The van der Waals surface area contributed by atoms with Gasteiger partial charge in [0, 0.05) is 12.1 Å². The minimum absolute atomic E-state index is 0.374. The van der Waals surface area contributed by atoms with Crippen molar-refractivity contribution in [2.24, 2.45) is 23.5 Å². The number of nitrogens with two attached hydrogens (primary N) is 1. The van der Waals surface area contributed by atoms with E-state index in [1.807, 2.05) is 0 Å². The lowest BCUT2D eigenvalue weighted by Gasteiger charge is -2.55. The summed E-state index contributed by atoms with van der Waals surface area (Å²) in [6.45, 7) is 10.5. The van der Waals surface area contributed by atoms with Crippen LogP contribution in [-0.4, -0.2) is 30.1 Å². The van der Waals surface area contributed by atoms with E-state index in [1.54, 1.807) is 0 Å². The Hall–Kier alpha value is -0.0800. The molecule has 100 valence electrons. The molecule has 1 unspecified atom stereocenters. The highest BCUT2D eigenvalue weighted by Gasteiger charge is 2.48. The molecule has 2 rings (SSSR count). The summed E-state index contributed by atoms with van der Waals surface area (Å²) in [5.74, 6) is 2.66. The van der Waals surface area contributed by atoms with Crippen LogP contribution in [0, 0.1) is 17.8 Å². The lowest BCUT2D eigenvalue weighted by molar-refractivity contribution is -0.0337. The second-order valence-electron chi connectivity index (χ2n) is 6.86. The Bertz CT molecular complexity index is 243. The van der Waals surface area contributed by atoms with Crippen molar-refractivity contribution in [1.29, 1.82) is 0 Å². The van der Waals surface area contributed by atoms with Crippen molar-refractivity contribution >= 4 is 0 Å². The van der Waals surface area contributed by atoms with Crippen LogP contribution in [0.15, 0.2) is 0 Å². The summed E-state index contributed by atoms with van der Waals surface area (Å²) in [6, 6.07) is 0. The van der Waals surface area contributed by atoms with Crippen molar-refractivity contribution in [3.63, 3.8) is 0 Å².